The fourth-order valence-electron chi connectivity index (χ4n) is 3.57. The molecule has 0 aliphatic carbocycles. The topological polar surface area (TPSA) is 113 Å². The van der Waals surface area contributed by atoms with Crippen molar-refractivity contribution in [3.63, 3.8) is 0 Å². The number of anilines is 1. The first-order valence-electron chi connectivity index (χ1n) is 9.74. The Kier molecular flexibility index (Phi) is 6.74. The molecule has 0 aliphatic heterocycles. The van der Waals surface area contributed by atoms with Crippen molar-refractivity contribution in [2.45, 2.75) is 46.1 Å². The molecule has 3 aromatic heterocycles. The smallest absolute Gasteiger partial charge is 0.271 e. The van der Waals surface area contributed by atoms with Crippen LogP contribution in [-0.2, 0) is 6.42 Å². The van der Waals surface area contributed by atoms with Crippen LogP contribution in [0.4, 0.5) is 5.13 Å². The molecule has 0 spiro atoms. The number of thiazole rings is 1. The van der Waals surface area contributed by atoms with Gasteiger partial charge >= 0.3 is 0 Å². The third-order valence-corrected chi connectivity index (χ3v) is 6.92. The predicted octanol–water partition coefficient (Wildman–Crippen LogP) is 4.45. The van der Waals surface area contributed by atoms with Gasteiger partial charge in [-0.3, -0.25) is 9.59 Å². The normalized spacial score (nSPS) is 13.5. The number of hydrogen-bond acceptors (Lipinski definition) is 6. The quantitative estimate of drug-likeness (QED) is 0.392. The van der Waals surface area contributed by atoms with Gasteiger partial charge in [0.1, 0.15) is 11.4 Å². The van der Waals surface area contributed by atoms with Crippen LogP contribution in [0.5, 0.6) is 0 Å². The van der Waals surface area contributed by atoms with Crippen molar-refractivity contribution in [2.24, 2.45) is 5.92 Å². The van der Waals surface area contributed by atoms with Crippen molar-refractivity contribution < 1.29 is 9.59 Å². The molecule has 0 fully saturated rings. The molecule has 0 bridgehead atoms. The average molecular weight is 468 g/mol. The molecule has 3 heterocycles. The molecule has 1 atom stereocenters. The first kappa shape index (κ1) is 22.6. The molecule has 1 unspecified atom stereocenters. The van der Waals surface area contributed by atoms with Crippen LogP contribution in [-0.4, -0.2) is 33.9 Å². The second-order valence-electron chi connectivity index (χ2n) is 7.98. The number of H-pyrrole nitrogens is 1. The van der Waals surface area contributed by atoms with E-state index in [1.807, 2.05) is 13.8 Å². The van der Waals surface area contributed by atoms with Crippen LogP contribution in [0.25, 0.3) is 10.2 Å². The minimum atomic E-state index is -0.634. The van der Waals surface area contributed by atoms with Crippen molar-refractivity contribution in [2.75, 3.05) is 12.3 Å². The van der Waals surface area contributed by atoms with Crippen molar-refractivity contribution >= 4 is 61.4 Å². The number of fused-ring (bicyclic) bond motifs is 1. The number of aromatic nitrogens is 2. The van der Waals surface area contributed by atoms with E-state index in [9.17, 15) is 9.59 Å². The standard InChI is InChI=1S/C20H26ClN5O2S2/c1-5-13-16(25-19(22)30-13)18(28)23-9-20(4,8-10(2)3)26-17(27)12-6-14-11(24-12)7-15(21)29-14/h6-7,10,24H,5,8-9H2,1-4H3,(H2,22,25)(H,23,28)(H,26,27). The Hall–Kier alpha value is -2.10. The summed E-state index contributed by atoms with van der Waals surface area (Å²) in [6.07, 6.45) is 1.38. The minimum absolute atomic E-state index is 0.223. The van der Waals surface area contributed by atoms with E-state index in [-0.39, 0.29) is 18.4 Å². The Morgan fingerprint density at radius 3 is 2.67 bits per heavy atom. The first-order valence-corrected chi connectivity index (χ1v) is 11.7. The number of aryl methyl sites for hydroxylation is 1. The van der Waals surface area contributed by atoms with Crippen LogP contribution >= 0.6 is 34.3 Å². The Morgan fingerprint density at radius 1 is 1.30 bits per heavy atom. The molecule has 5 N–H and O–H groups in total. The second-order valence-corrected chi connectivity index (χ2v) is 10.8. The van der Waals surface area contributed by atoms with E-state index in [1.54, 1.807) is 12.1 Å². The molecule has 10 heteroatoms. The zero-order chi connectivity index (χ0) is 22.1. The van der Waals surface area contributed by atoms with Crippen LogP contribution in [0, 0.1) is 5.92 Å². The Balaban J connectivity index is 1.73. The summed E-state index contributed by atoms with van der Waals surface area (Å²) in [5.41, 5.74) is 6.79. The number of amides is 2. The molecule has 0 aliphatic rings. The van der Waals surface area contributed by atoms with E-state index in [0.29, 0.717) is 39.6 Å². The SMILES string of the molecule is CCc1sc(N)nc1C(=O)NCC(C)(CC(C)C)NC(=O)c1cc2sc(Cl)cc2[nH]1. The number of carbonyl (C=O) groups is 2. The van der Waals surface area contributed by atoms with Gasteiger partial charge in [0.05, 0.1) is 20.1 Å². The maximum Gasteiger partial charge on any atom is 0.271 e. The van der Waals surface area contributed by atoms with E-state index in [1.165, 1.54) is 22.7 Å². The number of nitrogens with one attached hydrogen (secondary N) is 3. The predicted molar refractivity (Wildman–Crippen MR) is 125 cm³/mol. The fourth-order valence-corrected chi connectivity index (χ4v) is 5.48. The third-order valence-electron chi connectivity index (χ3n) is 4.68. The first-order chi connectivity index (χ1) is 14.1. The number of aromatic amines is 1. The molecule has 3 aromatic rings. The lowest BCUT2D eigenvalue weighted by Crippen LogP contribution is -2.54. The van der Waals surface area contributed by atoms with Gasteiger partial charge in [-0.25, -0.2) is 4.98 Å². The zero-order valence-electron chi connectivity index (χ0n) is 17.4. The van der Waals surface area contributed by atoms with Gasteiger partial charge in [0.2, 0.25) is 0 Å². The van der Waals surface area contributed by atoms with E-state index < -0.39 is 5.54 Å². The molecular formula is C20H26ClN5O2S2. The molecule has 0 radical (unpaired) electrons. The lowest BCUT2D eigenvalue weighted by molar-refractivity contribution is 0.0856. The highest BCUT2D eigenvalue weighted by Crippen LogP contribution is 2.30. The molecule has 0 saturated heterocycles. The highest BCUT2D eigenvalue weighted by atomic mass is 35.5. The van der Waals surface area contributed by atoms with E-state index >= 15 is 0 Å². The molecule has 0 saturated carbocycles. The molecule has 7 nitrogen and oxygen atoms in total. The number of nitrogens with zero attached hydrogens (tertiary/aromatic N) is 1. The van der Waals surface area contributed by atoms with E-state index in [2.05, 4.69) is 34.4 Å². The lowest BCUT2D eigenvalue weighted by atomic mass is 9.90. The Morgan fingerprint density at radius 2 is 2.03 bits per heavy atom. The van der Waals surface area contributed by atoms with Crippen LogP contribution in [0.3, 0.4) is 0 Å². The maximum absolute atomic E-state index is 12.9. The summed E-state index contributed by atoms with van der Waals surface area (Å²) in [6, 6.07) is 3.60. The van der Waals surface area contributed by atoms with Crippen molar-refractivity contribution in [3.05, 3.63) is 32.7 Å². The average Bonchev–Trinajstić information content (AvgIpc) is 3.31. The van der Waals surface area contributed by atoms with Gasteiger partial charge in [0.25, 0.3) is 11.8 Å². The van der Waals surface area contributed by atoms with Crippen molar-refractivity contribution in [1.82, 2.24) is 20.6 Å². The third kappa shape index (κ3) is 5.14. The van der Waals surface area contributed by atoms with Gasteiger partial charge in [-0.15, -0.1) is 22.7 Å². The monoisotopic (exact) mass is 467 g/mol. The highest BCUT2D eigenvalue weighted by molar-refractivity contribution is 7.22. The summed E-state index contributed by atoms with van der Waals surface area (Å²) in [5.74, 6) is -0.183. The number of hydrogen-bond donors (Lipinski definition) is 4. The second kappa shape index (κ2) is 8.95. The summed E-state index contributed by atoms with van der Waals surface area (Å²) in [4.78, 5) is 33.7. The molecular weight excluding hydrogens is 442 g/mol. The number of carbonyl (C=O) groups excluding carboxylic acids is 2. The largest absolute Gasteiger partial charge is 0.375 e. The lowest BCUT2D eigenvalue weighted by Gasteiger charge is -2.32. The van der Waals surface area contributed by atoms with Crippen molar-refractivity contribution in [1.29, 1.82) is 0 Å². The Bertz CT molecular complexity index is 1040. The van der Waals surface area contributed by atoms with Gasteiger partial charge in [-0.2, -0.15) is 0 Å². The van der Waals surface area contributed by atoms with Gasteiger partial charge in [0.15, 0.2) is 5.13 Å². The zero-order valence-corrected chi connectivity index (χ0v) is 19.8. The number of thiophene rings is 1. The van der Waals surface area contributed by atoms with Crippen LogP contribution < -0.4 is 16.4 Å². The molecule has 3 rings (SSSR count). The van der Waals surface area contributed by atoms with Gasteiger partial charge in [0, 0.05) is 11.4 Å². The van der Waals surface area contributed by atoms with Crippen LogP contribution in [0.2, 0.25) is 4.34 Å². The molecule has 162 valence electrons. The molecule has 2 amide bonds. The van der Waals surface area contributed by atoms with E-state index in [0.717, 1.165) is 15.1 Å². The fraction of sp³-hybridized carbons (Fsp3) is 0.450. The molecule has 0 aromatic carbocycles. The minimum Gasteiger partial charge on any atom is -0.375 e. The number of halogens is 1. The van der Waals surface area contributed by atoms with Crippen LogP contribution in [0.15, 0.2) is 12.1 Å². The summed E-state index contributed by atoms with van der Waals surface area (Å²) in [5, 5.41) is 6.40. The summed E-state index contributed by atoms with van der Waals surface area (Å²) < 4.78 is 1.60. The van der Waals surface area contributed by atoms with E-state index in [4.69, 9.17) is 17.3 Å². The van der Waals surface area contributed by atoms with Crippen LogP contribution in [0.1, 0.15) is 60.0 Å². The highest BCUT2D eigenvalue weighted by Gasteiger charge is 2.30. The van der Waals surface area contributed by atoms with Gasteiger partial charge in [-0.05, 0) is 37.8 Å². The number of rotatable bonds is 8. The van der Waals surface area contributed by atoms with Gasteiger partial charge in [-0.1, -0.05) is 32.4 Å². The Labute approximate surface area is 188 Å². The summed E-state index contributed by atoms with van der Waals surface area (Å²) in [6.45, 7) is 8.33. The summed E-state index contributed by atoms with van der Waals surface area (Å²) >= 11 is 8.75. The van der Waals surface area contributed by atoms with Crippen molar-refractivity contribution in [3.8, 4) is 0 Å². The molecule has 30 heavy (non-hydrogen) atoms. The summed E-state index contributed by atoms with van der Waals surface area (Å²) in [7, 11) is 0. The number of nitrogens with two attached hydrogens (primary N) is 1. The number of nitrogen functional groups attached to an aromatic ring is 1. The van der Waals surface area contributed by atoms with Gasteiger partial charge < -0.3 is 21.4 Å². The maximum atomic E-state index is 12.9.